The first-order chi connectivity index (χ1) is 21.7. The molecule has 2 N–H and O–H groups in total. The van der Waals surface area contributed by atoms with Gasteiger partial charge in [-0.25, -0.2) is 0 Å². The second kappa shape index (κ2) is 10.4. The molecule has 6 heteroatoms. The summed E-state index contributed by atoms with van der Waals surface area (Å²) in [6, 6.07) is 44.2. The lowest BCUT2D eigenvalue weighted by Gasteiger charge is -2.33. The Balaban J connectivity index is 1.09. The maximum absolute atomic E-state index is 3.73. The predicted molar refractivity (Wildman–Crippen MR) is 188 cm³/mol. The van der Waals surface area contributed by atoms with Gasteiger partial charge in [0.15, 0.2) is 0 Å². The van der Waals surface area contributed by atoms with Crippen LogP contribution < -0.4 is 15.5 Å². The van der Waals surface area contributed by atoms with E-state index in [1.54, 1.807) is 0 Å². The van der Waals surface area contributed by atoms with Crippen LogP contribution in [0.5, 0.6) is 0 Å². The lowest BCUT2D eigenvalue weighted by Crippen LogP contribution is -2.20. The molecule has 6 aromatic carbocycles. The zero-order valence-electron chi connectivity index (χ0n) is 23.9. The molecule has 0 unspecified atom stereocenters. The van der Waals surface area contributed by atoms with Gasteiger partial charge in [-0.3, -0.25) is 0 Å². The molecule has 3 aliphatic rings. The van der Waals surface area contributed by atoms with Crippen molar-refractivity contribution < 1.29 is 0 Å². The maximum atomic E-state index is 3.73. The van der Waals surface area contributed by atoms with Crippen LogP contribution in [0.2, 0.25) is 0 Å². The van der Waals surface area contributed by atoms with E-state index in [4.69, 9.17) is 0 Å². The molecule has 0 saturated carbocycles. The zero-order valence-corrected chi connectivity index (χ0v) is 26.4. The molecular formula is C38H27N3S3. The molecule has 0 aromatic heterocycles. The number of hydrogen-bond acceptors (Lipinski definition) is 6. The van der Waals surface area contributed by atoms with Gasteiger partial charge in [0.05, 0.1) is 34.1 Å². The molecule has 0 saturated heterocycles. The largest absolute Gasteiger partial charge is 0.353 e. The molecule has 3 heterocycles. The van der Waals surface area contributed by atoms with Crippen LogP contribution in [-0.2, 0) is 0 Å². The quantitative estimate of drug-likeness (QED) is 0.204. The normalized spacial score (nSPS) is 13.7. The number of para-hydroxylation sites is 4. The Bertz CT molecular complexity index is 1970. The molecule has 0 radical (unpaired) electrons. The van der Waals surface area contributed by atoms with Gasteiger partial charge in [-0.2, -0.15) is 0 Å². The standard InChI is InChI=1S/C38H27N3S3/c1-2-41-29-19-17-23(25-9-7-15-33-37(25)39-27-11-3-5-13-31(27)42-33)21-35(29)44-36-22-24(18-20-30(36)41)26-10-8-16-34-38(26)40-28-12-4-6-14-32(28)43-34/h3-22,39-40H,2H2,1H3. The van der Waals surface area contributed by atoms with Crippen molar-refractivity contribution in [2.75, 3.05) is 22.1 Å². The summed E-state index contributed by atoms with van der Waals surface area (Å²) in [6.07, 6.45) is 0. The molecule has 0 bridgehead atoms. The van der Waals surface area contributed by atoms with Crippen LogP contribution in [0.15, 0.2) is 151 Å². The second-order valence-corrected chi connectivity index (χ2v) is 14.3. The molecule has 0 fully saturated rings. The third kappa shape index (κ3) is 4.24. The highest BCUT2D eigenvalue weighted by Crippen LogP contribution is 2.53. The Morgan fingerprint density at radius 2 is 0.932 bits per heavy atom. The van der Waals surface area contributed by atoms with E-state index in [0.29, 0.717) is 0 Å². The average Bonchev–Trinajstić information content (AvgIpc) is 3.07. The SMILES string of the molecule is CCN1c2ccc(-c3cccc4c3Nc3ccccc3S4)cc2Sc2cc(-c3cccc4c3Nc3ccccc3S4)ccc21. The van der Waals surface area contributed by atoms with Gasteiger partial charge >= 0.3 is 0 Å². The molecule has 0 amide bonds. The Labute approximate surface area is 270 Å². The van der Waals surface area contributed by atoms with Crippen molar-refractivity contribution in [3.63, 3.8) is 0 Å². The number of rotatable bonds is 3. The van der Waals surface area contributed by atoms with Gasteiger partial charge in [0.25, 0.3) is 0 Å². The van der Waals surface area contributed by atoms with Gasteiger partial charge in [0.1, 0.15) is 0 Å². The number of fused-ring (bicyclic) bond motifs is 6. The smallest absolute Gasteiger partial charge is 0.0606 e. The Morgan fingerprint density at radius 1 is 0.477 bits per heavy atom. The summed E-state index contributed by atoms with van der Waals surface area (Å²) in [5.41, 5.74) is 12.2. The van der Waals surface area contributed by atoms with Crippen molar-refractivity contribution >= 4 is 69.4 Å². The van der Waals surface area contributed by atoms with Crippen LogP contribution in [0.3, 0.4) is 0 Å². The van der Waals surface area contributed by atoms with Crippen LogP contribution in [-0.4, -0.2) is 6.54 Å². The topological polar surface area (TPSA) is 27.3 Å². The minimum Gasteiger partial charge on any atom is -0.353 e. The van der Waals surface area contributed by atoms with Gasteiger partial charge in [0, 0.05) is 47.0 Å². The molecule has 212 valence electrons. The monoisotopic (exact) mass is 621 g/mol. The number of anilines is 6. The molecule has 0 aliphatic carbocycles. The van der Waals surface area contributed by atoms with Crippen LogP contribution in [0, 0.1) is 0 Å². The Kier molecular flexibility index (Phi) is 6.22. The first-order valence-corrected chi connectivity index (χ1v) is 17.3. The number of nitrogens with one attached hydrogen (secondary N) is 2. The zero-order chi connectivity index (χ0) is 29.2. The third-order valence-electron chi connectivity index (χ3n) is 8.45. The lowest BCUT2D eigenvalue weighted by atomic mass is 10.0. The molecule has 3 nitrogen and oxygen atoms in total. The van der Waals surface area contributed by atoms with Crippen molar-refractivity contribution in [2.45, 2.75) is 36.3 Å². The Morgan fingerprint density at radius 3 is 1.43 bits per heavy atom. The minimum atomic E-state index is 0.907. The van der Waals surface area contributed by atoms with Crippen molar-refractivity contribution in [3.8, 4) is 22.3 Å². The van der Waals surface area contributed by atoms with Gasteiger partial charge in [0.2, 0.25) is 0 Å². The summed E-state index contributed by atoms with van der Waals surface area (Å²) in [4.78, 5) is 10.1. The molecule has 3 aliphatic heterocycles. The minimum absolute atomic E-state index is 0.907. The van der Waals surface area contributed by atoms with Crippen molar-refractivity contribution in [1.29, 1.82) is 0 Å². The van der Waals surface area contributed by atoms with Crippen molar-refractivity contribution in [1.82, 2.24) is 0 Å². The van der Waals surface area contributed by atoms with E-state index >= 15 is 0 Å². The summed E-state index contributed by atoms with van der Waals surface area (Å²) in [5.74, 6) is 0. The molecule has 9 rings (SSSR count). The van der Waals surface area contributed by atoms with Crippen LogP contribution >= 0.6 is 35.3 Å². The summed E-state index contributed by atoms with van der Waals surface area (Å²) in [5, 5.41) is 7.47. The van der Waals surface area contributed by atoms with Crippen LogP contribution in [0.1, 0.15) is 6.92 Å². The predicted octanol–water partition coefficient (Wildman–Crippen LogP) is 12.1. The van der Waals surface area contributed by atoms with E-state index in [-0.39, 0.29) is 0 Å². The highest BCUT2D eigenvalue weighted by atomic mass is 32.2. The molecule has 44 heavy (non-hydrogen) atoms. The van der Waals surface area contributed by atoms with E-state index in [0.717, 1.165) is 6.54 Å². The summed E-state index contributed by atoms with van der Waals surface area (Å²) in [6.45, 7) is 3.15. The molecule has 0 atom stereocenters. The molecule has 0 spiro atoms. The van der Waals surface area contributed by atoms with Gasteiger partial charge in [-0.05, 0) is 78.7 Å². The highest BCUT2D eigenvalue weighted by molar-refractivity contribution is 8.00. The number of hydrogen-bond donors (Lipinski definition) is 2. The van der Waals surface area contributed by atoms with Gasteiger partial charge in [-0.15, -0.1) is 0 Å². The third-order valence-corrected chi connectivity index (χ3v) is 11.8. The van der Waals surface area contributed by atoms with E-state index in [1.165, 1.54) is 85.8 Å². The Hall–Kier alpha value is -4.23. The summed E-state index contributed by atoms with van der Waals surface area (Å²) in [7, 11) is 0. The van der Waals surface area contributed by atoms with Crippen molar-refractivity contribution in [2.24, 2.45) is 0 Å². The van der Waals surface area contributed by atoms with Crippen LogP contribution in [0.25, 0.3) is 22.3 Å². The second-order valence-electron chi connectivity index (χ2n) is 11.0. The van der Waals surface area contributed by atoms with Gasteiger partial charge in [-0.1, -0.05) is 95.9 Å². The van der Waals surface area contributed by atoms with Crippen molar-refractivity contribution in [3.05, 3.63) is 121 Å². The van der Waals surface area contributed by atoms with E-state index < -0.39 is 0 Å². The first kappa shape index (κ1) is 26.2. The fraction of sp³-hybridized carbons (Fsp3) is 0.0526. The first-order valence-electron chi connectivity index (χ1n) is 14.8. The maximum Gasteiger partial charge on any atom is 0.0606 e. The van der Waals surface area contributed by atoms with E-state index in [1.807, 2.05) is 35.3 Å². The highest BCUT2D eigenvalue weighted by Gasteiger charge is 2.26. The van der Waals surface area contributed by atoms with E-state index in [2.05, 4.69) is 144 Å². The summed E-state index contributed by atoms with van der Waals surface area (Å²) >= 11 is 5.55. The van der Waals surface area contributed by atoms with Gasteiger partial charge < -0.3 is 15.5 Å². The van der Waals surface area contributed by atoms with E-state index in [9.17, 15) is 0 Å². The number of nitrogens with zero attached hydrogens (tertiary/aromatic N) is 1. The fourth-order valence-electron chi connectivity index (χ4n) is 6.36. The molecular weight excluding hydrogens is 595 g/mol. The fourth-order valence-corrected chi connectivity index (χ4v) is 9.58. The average molecular weight is 622 g/mol. The summed E-state index contributed by atoms with van der Waals surface area (Å²) < 4.78 is 0. The lowest BCUT2D eigenvalue weighted by molar-refractivity contribution is 0.980. The van der Waals surface area contributed by atoms with Crippen LogP contribution in [0.4, 0.5) is 34.1 Å². The molecule has 6 aromatic rings. The number of benzene rings is 6.